The summed E-state index contributed by atoms with van der Waals surface area (Å²) in [6.45, 7) is 8.44. The van der Waals surface area contributed by atoms with Gasteiger partial charge in [-0.3, -0.25) is 0 Å². The zero-order valence-corrected chi connectivity index (χ0v) is 15.5. The largest absolute Gasteiger partial charge is 0.381 e. The van der Waals surface area contributed by atoms with Gasteiger partial charge >= 0.3 is 0 Å². The number of hydrogen-bond donors (Lipinski definition) is 0. The molecule has 1 aliphatic heterocycles. The summed E-state index contributed by atoms with van der Waals surface area (Å²) in [6, 6.07) is 4.30. The molecule has 1 saturated heterocycles. The summed E-state index contributed by atoms with van der Waals surface area (Å²) < 4.78 is 5.53. The van der Waals surface area contributed by atoms with Gasteiger partial charge in [-0.2, -0.15) is 0 Å². The van der Waals surface area contributed by atoms with Gasteiger partial charge in [0.1, 0.15) is 5.82 Å². The van der Waals surface area contributed by atoms with Crippen LogP contribution in [0.2, 0.25) is 0 Å². The third-order valence-corrected chi connectivity index (χ3v) is 7.10. The molecule has 4 aliphatic rings. The van der Waals surface area contributed by atoms with E-state index in [1.807, 2.05) is 6.92 Å². The van der Waals surface area contributed by atoms with Crippen LogP contribution in [0.5, 0.6) is 0 Å². The summed E-state index contributed by atoms with van der Waals surface area (Å²) in [5.41, 5.74) is 4.09. The molecule has 4 fully saturated rings. The quantitative estimate of drug-likeness (QED) is 0.837. The minimum atomic E-state index is 0.294. The lowest BCUT2D eigenvalue weighted by Crippen LogP contribution is -2.67. The van der Waals surface area contributed by atoms with Crippen LogP contribution in [0.15, 0.2) is 12.1 Å². The van der Waals surface area contributed by atoms with E-state index in [2.05, 4.69) is 26.0 Å². The maximum atomic E-state index is 5.53. The highest BCUT2D eigenvalue weighted by molar-refractivity contribution is 5.79. The van der Waals surface area contributed by atoms with E-state index in [-0.39, 0.29) is 0 Å². The molecule has 0 aromatic carbocycles. The van der Waals surface area contributed by atoms with Crippen LogP contribution in [-0.4, -0.2) is 28.2 Å². The van der Waals surface area contributed by atoms with Crippen LogP contribution in [0.3, 0.4) is 0 Å². The molecule has 25 heavy (non-hydrogen) atoms. The van der Waals surface area contributed by atoms with Gasteiger partial charge in [0.25, 0.3) is 0 Å². The predicted octanol–water partition coefficient (Wildman–Crippen LogP) is 4.30. The molecule has 2 aromatic rings. The number of aromatic nitrogens is 3. The number of nitrogens with zero attached hydrogens (tertiary/aromatic N) is 3. The van der Waals surface area contributed by atoms with Crippen molar-refractivity contribution in [2.24, 2.45) is 11.3 Å². The van der Waals surface area contributed by atoms with Crippen molar-refractivity contribution in [2.45, 2.75) is 64.2 Å². The fraction of sp³-hybridized carbons (Fsp3) is 0.667. The maximum absolute atomic E-state index is 5.53. The molecule has 0 N–H and O–H groups in total. The topological polar surface area (TPSA) is 47.9 Å². The van der Waals surface area contributed by atoms with Gasteiger partial charge in [-0.25, -0.2) is 15.0 Å². The number of aryl methyl sites for hydroxylation is 1. The number of pyridine rings is 1. The van der Waals surface area contributed by atoms with Gasteiger partial charge in [-0.05, 0) is 62.5 Å². The molecular formula is C21H27N3O. The van der Waals surface area contributed by atoms with E-state index >= 15 is 0 Å². The highest BCUT2D eigenvalue weighted by Crippen LogP contribution is 2.76. The molecule has 0 atom stereocenters. The number of fused-ring (bicyclic) bond motifs is 1. The molecule has 132 valence electrons. The molecule has 2 bridgehead atoms. The van der Waals surface area contributed by atoms with Gasteiger partial charge in [0.2, 0.25) is 0 Å². The predicted molar refractivity (Wildman–Crippen MR) is 97.7 cm³/mol. The molecule has 0 spiro atoms. The van der Waals surface area contributed by atoms with Crippen molar-refractivity contribution >= 4 is 11.0 Å². The van der Waals surface area contributed by atoms with E-state index in [0.717, 1.165) is 49.1 Å². The lowest BCUT2D eigenvalue weighted by atomic mass is 9.31. The van der Waals surface area contributed by atoms with Crippen molar-refractivity contribution < 1.29 is 4.74 Å². The Morgan fingerprint density at radius 3 is 2.44 bits per heavy atom. The molecular weight excluding hydrogens is 310 g/mol. The van der Waals surface area contributed by atoms with Crippen molar-refractivity contribution in [2.75, 3.05) is 13.2 Å². The van der Waals surface area contributed by atoms with Gasteiger partial charge in [0.05, 0.1) is 5.69 Å². The first-order chi connectivity index (χ1) is 12.0. The van der Waals surface area contributed by atoms with Gasteiger partial charge in [-0.1, -0.05) is 13.8 Å². The lowest BCUT2D eigenvalue weighted by molar-refractivity contribution is -0.173. The number of hydrogen-bond acceptors (Lipinski definition) is 4. The molecule has 4 heteroatoms. The summed E-state index contributed by atoms with van der Waals surface area (Å²) in [4.78, 5) is 14.8. The van der Waals surface area contributed by atoms with Crippen LogP contribution in [0.25, 0.3) is 11.0 Å². The van der Waals surface area contributed by atoms with Gasteiger partial charge < -0.3 is 4.74 Å². The molecule has 0 unspecified atom stereocenters. The van der Waals surface area contributed by atoms with Crippen molar-refractivity contribution in [3.8, 4) is 0 Å². The van der Waals surface area contributed by atoms with E-state index in [1.165, 1.54) is 30.3 Å². The fourth-order valence-corrected chi connectivity index (χ4v) is 5.39. The third-order valence-electron chi connectivity index (χ3n) is 7.10. The highest BCUT2D eigenvalue weighted by atomic mass is 16.5. The molecule has 0 amide bonds. The molecule has 3 saturated carbocycles. The van der Waals surface area contributed by atoms with Crippen LogP contribution in [0, 0.1) is 18.3 Å². The number of ether oxygens (including phenoxy) is 1. The Morgan fingerprint density at radius 1 is 1.04 bits per heavy atom. The Kier molecular flexibility index (Phi) is 3.28. The maximum Gasteiger partial charge on any atom is 0.163 e. The lowest BCUT2D eigenvalue weighted by Gasteiger charge is -2.72. The zero-order chi connectivity index (χ0) is 17.2. The standard InChI is InChI=1S/C21H27N3O/c1-13(2)20-10-21(11-20,12-20)17-16-5-4-14(3)22-19(16)24-18(23-17)15-6-8-25-9-7-15/h4-5,13,15H,6-12H2,1-3H3. The second-order valence-corrected chi connectivity index (χ2v) is 8.97. The summed E-state index contributed by atoms with van der Waals surface area (Å²) in [5.74, 6) is 2.20. The van der Waals surface area contributed by atoms with Crippen molar-refractivity contribution in [3.05, 3.63) is 29.3 Å². The Balaban J connectivity index is 1.60. The average molecular weight is 337 g/mol. The SMILES string of the molecule is Cc1ccc2c(C34CC(C(C)C)(C3)C4)nc(C3CCOCC3)nc2n1. The van der Waals surface area contributed by atoms with Crippen LogP contribution in [0.4, 0.5) is 0 Å². The number of rotatable bonds is 3. The minimum absolute atomic E-state index is 0.294. The molecule has 3 heterocycles. The second-order valence-electron chi connectivity index (χ2n) is 8.97. The van der Waals surface area contributed by atoms with Crippen molar-refractivity contribution in [3.63, 3.8) is 0 Å². The second kappa shape index (κ2) is 5.23. The van der Waals surface area contributed by atoms with Crippen LogP contribution in [0.1, 0.15) is 69.1 Å². The first kappa shape index (κ1) is 15.7. The smallest absolute Gasteiger partial charge is 0.163 e. The monoisotopic (exact) mass is 337 g/mol. The summed E-state index contributed by atoms with van der Waals surface area (Å²) in [6.07, 6.45) is 5.94. The van der Waals surface area contributed by atoms with Crippen molar-refractivity contribution in [1.82, 2.24) is 15.0 Å². The van der Waals surface area contributed by atoms with Crippen LogP contribution >= 0.6 is 0 Å². The van der Waals surface area contributed by atoms with E-state index < -0.39 is 0 Å². The van der Waals surface area contributed by atoms with Crippen LogP contribution < -0.4 is 0 Å². The highest BCUT2D eigenvalue weighted by Gasteiger charge is 2.70. The minimum Gasteiger partial charge on any atom is -0.381 e. The van der Waals surface area contributed by atoms with Gasteiger partial charge in [0.15, 0.2) is 5.65 Å². The molecule has 6 rings (SSSR count). The molecule has 3 aliphatic carbocycles. The summed E-state index contributed by atoms with van der Waals surface area (Å²) >= 11 is 0. The summed E-state index contributed by atoms with van der Waals surface area (Å²) in [5, 5.41) is 1.18. The van der Waals surface area contributed by atoms with Gasteiger partial charge in [-0.15, -0.1) is 0 Å². The molecule has 2 aromatic heterocycles. The van der Waals surface area contributed by atoms with E-state index in [4.69, 9.17) is 19.7 Å². The van der Waals surface area contributed by atoms with E-state index in [0.29, 0.717) is 16.7 Å². The first-order valence-corrected chi connectivity index (χ1v) is 9.75. The Bertz CT molecular complexity index is 819. The first-order valence-electron chi connectivity index (χ1n) is 9.75. The zero-order valence-electron chi connectivity index (χ0n) is 15.5. The normalized spacial score (nSPS) is 31.8. The Labute approximate surface area is 149 Å². The molecule has 4 nitrogen and oxygen atoms in total. The van der Waals surface area contributed by atoms with E-state index in [1.54, 1.807) is 0 Å². The molecule has 0 radical (unpaired) electrons. The average Bonchev–Trinajstić information content (AvgIpc) is 2.52. The Morgan fingerprint density at radius 2 is 1.76 bits per heavy atom. The summed E-state index contributed by atoms with van der Waals surface area (Å²) in [7, 11) is 0. The third kappa shape index (κ3) is 2.19. The van der Waals surface area contributed by atoms with Gasteiger partial charge in [0, 0.05) is 35.6 Å². The van der Waals surface area contributed by atoms with Crippen LogP contribution in [-0.2, 0) is 10.2 Å². The Hall–Kier alpha value is -1.55. The van der Waals surface area contributed by atoms with Crippen molar-refractivity contribution in [1.29, 1.82) is 0 Å². The fourth-order valence-electron chi connectivity index (χ4n) is 5.39. The van der Waals surface area contributed by atoms with E-state index in [9.17, 15) is 0 Å².